The SMILES string of the molecule is CNC(C)(CCCCSCc1ccc(Cl)cc1)C(=O)OC. The first-order chi connectivity index (χ1) is 10.0. The summed E-state index contributed by atoms with van der Waals surface area (Å²) >= 11 is 7.76. The molecule has 0 aliphatic rings. The topological polar surface area (TPSA) is 38.3 Å². The summed E-state index contributed by atoms with van der Waals surface area (Å²) in [5, 5.41) is 3.83. The fourth-order valence-electron chi connectivity index (χ4n) is 2.01. The quantitative estimate of drug-likeness (QED) is 0.551. The van der Waals surface area contributed by atoms with Gasteiger partial charge in [0.15, 0.2) is 0 Å². The van der Waals surface area contributed by atoms with E-state index in [1.807, 2.05) is 30.8 Å². The van der Waals surface area contributed by atoms with Gasteiger partial charge in [-0.3, -0.25) is 4.79 Å². The third kappa shape index (κ3) is 6.29. The molecule has 0 amide bonds. The summed E-state index contributed by atoms with van der Waals surface area (Å²) in [4.78, 5) is 11.7. The number of hydrogen-bond acceptors (Lipinski definition) is 4. The van der Waals surface area contributed by atoms with E-state index < -0.39 is 5.54 Å². The minimum atomic E-state index is -0.574. The molecule has 0 saturated heterocycles. The highest BCUT2D eigenvalue weighted by Crippen LogP contribution is 2.19. The van der Waals surface area contributed by atoms with Gasteiger partial charge in [-0.05, 0) is 50.3 Å². The lowest BCUT2D eigenvalue weighted by Crippen LogP contribution is -2.48. The Morgan fingerprint density at radius 2 is 2.00 bits per heavy atom. The summed E-state index contributed by atoms with van der Waals surface area (Å²) < 4.78 is 4.83. The van der Waals surface area contributed by atoms with Crippen molar-refractivity contribution in [2.75, 3.05) is 19.9 Å². The van der Waals surface area contributed by atoms with Crippen LogP contribution in [0.4, 0.5) is 0 Å². The van der Waals surface area contributed by atoms with Gasteiger partial charge in [0, 0.05) is 10.8 Å². The number of carbonyl (C=O) groups excluding carboxylic acids is 1. The fourth-order valence-corrected chi connectivity index (χ4v) is 3.11. The third-order valence-corrected chi connectivity index (χ3v) is 4.95. The van der Waals surface area contributed by atoms with E-state index in [0.29, 0.717) is 0 Å². The lowest BCUT2D eigenvalue weighted by atomic mass is 9.95. The van der Waals surface area contributed by atoms with Crippen LogP contribution < -0.4 is 5.32 Å². The first kappa shape index (κ1) is 18.3. The molecule has 0 heterocycles. The Morgan fingerprint density at radius 1 is 1.33 bits per heavy atom. The number of unbranched alkanes of at least 4 members (excludes halogenated alkanes) is 1. The molecule has 118 valence electrons. The van der Waals surface area contributed by atoms with Crippen molar-refractivity contribution < 1.29 is 9.53 Å². The zero-order valence-electron chi connectivity index (χ0n) is 12.9. The van der Waals surface area contributed by atoms with Crippen LogP contribution >= 0.6 is 23.4 Å². The number of methoxy groups -OCH3 is 1. The second kappa shape index (κ2) is 9.34. The number of carbonyl (C=O) groups is 1. The molecule has 0 aliphatic heterocycles. The zero-order chi connectivity index (χ0) is 15.7. The lowest BCUT2D eigenvalue weighted by molar-refractivity contribution is -0.148. The number of hydrogen-bond donors (Lipinski definition) is 1. The summed E-state index contributed by atoms with van der Waals surface area (Å²) in [7, 11) is 3.23. The summed E-state index contributed by atoms with van der Waals surface area (Å²) in [5.41, 5.74) is 0.717. The van der Waals surface area contributed by atoms with Gasteiger partial charge in [-0.2, -0.15) is 11.8 Å². The molecule has 1 rings (SSSR count). The van der Waals surface area contributed by atoms with Gasteiger partial charge in [0.25, 0.3) is 0 Å². The molecule has 1 unspecified atom stereocenters. The van der Waals surface area contributed by atoms with Crippen LogP contribution in [0.25, 0.3) is 0 Å². The fraction of sp³-hybridized carbons (Fsp3) is 0.562. The van der Waals surface area contributed by atoms with Crippen LogP contribution in [-0.2, 0) is 15.3 Å². The van der Waals surface area contributed by atoms with E-state index in [2.05, 4.69) is 17.4 Å². The zero-order valence-corrected chi connectivity index (χ0v) is 14.5. The molecule has 1 aromatic rings. The van der Waals surface area contributed by atoms with Crippen LogP contribution in [-0.4, -0.2) is 31.4 Å². The van der Waals surface area contributed by atoms with Gasteiger partial charge in [0.2, 0.25) is 0 Å². The van der Waals surface area contributed by atoms with Crippen molar-refractivity contribution in [1.82, 2.24) is 5.32 Å². The van der Waals surface area contributed by atoms with Crippen LogP contribution in [0.3, 0.4) is 0 Å². The van der Waals surface area contributed by atoms with Crippen molar-refractivity contribution in [3.8, 4) is 0 Å². The van der Waals surface area contributed by atoms with Crippen molar-refractivity contribution in [3.05, 3.63) is 34.9 Å². The van der Waals surface area contributed by atoms with Gasteiger partial charge in [-0.15, -0.1) is 0 Å². The smallest absolute Gasteiger partial charge is 0.325 e. The van der Waals surface area contributed by atoms with Crippen molar-refractivity contribution in [2.45, 2.75) is 37.5 Å². The van der Waals surface area contributed by atoms with Gasteiger partial charge >= 0.3 is 5.97 Å². The molecule has 1 atom stereocenters. The van der Waals surface area contributed by atoms with Crippen molar-refractivity contribution >= 4 is 29.3 Å². The summed E-state index contributed by atoms with van der Waals surface area (Å²) in [6.07, 6.45) is 2.88. The van der Waals surface area contributed by atoms with Crippen molar-refractivity contribution in [1.29, 1.82) is 0 Å². The molecule has 5 heteroatoms. The molecule has 0 aromatic heterocycles. The van der Waals surface area contributed by atoms with Crippen molar-refractivity contribution in [3.63, 3.8) is 0 Å². The number of benzene rings is 1. The molecule has 1 aromatic carbocycles. The van der Waals surface area contributed by atoms with Crippen LogP contribution in [0, 0.1) is 0 Å². The second-order valence-electron chi connectivity index (χ2n) is 5.21. The second-order valence-corrected chi connectivity index (χ2v) is 6.75. The van der Waals surface area contributed by atoms with Crippen LogP contribution in [0.15, 0.2) is 24.3 Å². The highest BCUT2D eigenvalue weighted by atomic mass is 35.5. The Balaban J connectivity index is 2.19. The summed E-state index contributed by atoms with van der Waals surface area (Å²) in [6.45, 7) is 1.89. The van der Waals surface area contributed by atoms with E-state index in [-0.39, 0.29) is 5.97 Å². The van der Waals surface area contributed by atoms with E-state index in [1.54, 1.807) is 7.05 Å². The first-order valence-electron chi connectivity index (χ1n) is 7.11. The first-order valence-corrected chi connectivity index (χ1v) is 8.64. The third-order valence-electron chi connectivity index (χ3n) is 3.59. The molecule has 21 heavy (non-hydrogen) atoms. The number of esters is 1. The summed E-state index contributed by atoms with van der Waals surface area (Å²) in [5.74, 6) is 1.89. The van der Waals surface area contributed by atoms with Gasteiger partial charge in [0.1, 0.15) is 5.54 Å². The maximum Gasteiger partial charge on any atom is 0.325 e. The lowest BCUT2D eigenvalue weighted by Gasteiger charge is -2.25. The Hall–Kier alpha value is -0.710. The maximum atomic E-state index is 11.7. The number of likely N-dealkylation sites (N-methyl/N-ethyl adjacent to an activating group) is 1. The maximum absolute atomic E-state index is 11.7. The van der Waals surface area contributed by atoms with Gasteiger partial charge in [0.05, 0.1) is 7.11 Å². The molecule has 3 nitrogen and oxygen atoms in total. The number of nitrogens with one attached hydrogen (secondary N) is 1. The average molecular weight is 330 g/mol. The van der Waals surface area contributed by atoms with E-state index in [9.17, 15) is 4.79 Å². The Morgan fingerprint density at radius 3 is 2.57 bits per heavy atom. The Bertz CT molecular complexity index is 438. The van der Waals surface area contributed by atoms with Gasteiger partial charge in [-0.1, -0.05) is 30.2 Å². The monoisotopic (exact) mass is 329 g/mol. The van der Waals surface area contributed by atoms with Crippen LogP contribution in [0.5, 0.6) is 0 Å². The molecule has 0 radical (unpaired) electrons. The molecule has 1 N–H and O–H groups in total. The van der Waals surface area contributed by atoms with E-state index >= 15 is 0 Å². The molecule has 0 bridgehead atoms. The van der Waals surface area contributed by atoms with E-state index in [4.69, 9.17) is 16.3 Å². The predicted octanol–water partition coefficient (Wildman–Crippen LogP) is 3.89. The largest absolute Gasteiger partial charge is 0.468 e. The summed E-state index contributed by atoms with van der Waals surface area (Å²) in [6, 6.07) is 7.97. The van der Waals surface area contributed by atoms with E-state index in [1.165, 1.54) is 12.7 Å². The Kier molecular flexibility index (Phi) is 8.15. The highest BCUT2D eigenvalue weighted by Gasteiger charge is 2.31. The van der Waals surface area contributed by atoms with Crippen molar-refractivity contribution in [2.24, 2.45) is 0 Å². The van der Waals surface area contributed by atoms with Crippen LogP contribution in [0.2, 0.25) is 5.02 Å². The standard InChI is InChI=1S/C16H24ClNO2S/c1-16(18-2,15(19)20-3)10-4-5-11-21-12-13-6-8-14(17)9-7-13/h6-9,18H,4-5,10-12H2,1-3H3. The molecule has 0 spiro atoms. The minimum absolute atomic E-state index is 0.196. The minimum Gasteiger partial charge on any atom is -0.468 e. The molecular formula is C16H24ClNO2S. The number of ether oxygens (including phenoxy) is 1. The van der Waals surface area contributed by atoms with E-state index in [0.717, 1.165) is 35.8 Å². The number of halogens is 1. The number of rotatable bonds is 9. The van der Waals surface area contributed by atoms with Crippen LogP contribution in [0.1, 0.15) is 31.7 Å². The van der Waals surface area contributed by atoms with Gasteiger partial charge in [-0.25, -0.2) is 0 Å². The molecule has 0 aliphatic carbocycles. The van der Waals surface area contributed by atoms with Gasteiger partial charge < -0.3 is 10.1 Å². The average Bonchev–Trinajstić information content (AvgIpc) is 2.51. The molecular weight excluding hydrogens is 306 g/mol. The molecule has 0 saturated carbocycles. The highest BCUT2D eigenvalue weighted by molar-refractivity contribution is 7.98. The predicted molar refractivity (Wildman–Crippen MR) is 90.9 cm³/mol. The normalized spacial score (nSPS) is 13.7. The Labute approximate surface area is 136 Å². The number of thioether (sulfide) groups is 1. The molecule has 0 fully saturated rings.